The van der Waals surface area contributed by atoms with Crippen LogP contribution >= 0.6 is 0 Å². The molecule has 5 heteroatoms. The van der Waals surface area contributed by atoms with Crippen LogP contribution in [0.4, 0.5) is 10.2 Å². The lowest BCUT2D eigenvalue weighted by atomic mass is 10.1. The molecule has 2 rings (SSSR count). The number of aromatic nitrogens is 1. The lowest BCUT2D eigenvalue weighted by molar-refractivity contribution is -0.153. The molecule has 0 saturated carbocycles. The average Bonchev–Trinajstić information content (AvgIpc) is 2.74. The molecular weight excluding hydrogens is 259 g/mol. The fourth-order valence-corrected chi connectivity index (χ4v) is 2.18. The molecular formula is C15H21FN2O2. The second-order valence-electron chi connectivity index (χ2n) is 6.12. The molecule has 0 amide bonds. The highest BCUT2D eigenvalue weighted by molar-refractivity contribution is 5.73. The van der Waals surface area contributed by atoms with Gasteiger partial charge in [-0.05, 0) is 38.8 Å². The van der Waals surface area contributed by atoms with Crippen LogP contribution in [0.5, 0.6) is 0 Å². The van der Waals surface area contributed by atoms with Gasteiger partial charge in [-0.3, -0.25) is 4.79 Å². The minimum Gasteiger partial charge on any atom is -0.460 e. The van der Waals surface area contributed by atoms with Crippen LogP contribution < -0.4 is 4.90 Å². The van der Waals surface area contributed by atoms with Crippen molar-refractivity contribution in [1.82, 2.24) is 4.98 Å². The number of hydrogen-bond donors (Lipinski definition) is 0. The number of pyridine rings is 1. The highest BCUT2D eigenvalue weighted by Crippen LogP contribution is 2.20. The molecule has 0 aliphatic carbocycles. The molecule has 1 aromatic heterocycles. The van der Waals surface area contributed by atoms with Gasteiger partial charge in [0.05, 0.1) is 13.0 Å². The minimum atomic E-state index is -0.766. The number of rotatable bonds is 3. The maximum absolute atomic E-state index is 13.1. The Morgan fingerprint density at radius 3 is 2.75 bits per heavy atom. The molecule has 0 aromatic carbocycles. The van der Waals surface area contributed by atoms with E-state index in [9.17, 15) is 9.18 Å². The van der Waals surface area contributed by atoms with E-state index in [0.29, 0.717) is 19.5 Å². The van der Waals surface area contributed by atoms with E-state index in [1.165, 1.54) is 0 Å². The van der Waals surface area contributed by atoms with Gasteiger partial charge in [0.1, 0.15) is 17.6 Å². The number of anilines is 1. The highest BCUT2D eigenvalue weighted by Gasteiger charge is 2.22. The molecule has 0 N–H and O–H groups in total. The molecule has 1 atom stereocenters. The minimum absolute atomic E-state index is 0.205. The number of alkyl halides is 1. The van der Waals surface area contributed by atoms with E-state index < -0.39 is 11.8 Å². The normalized spacial score (nSPS) is 19.2. The second-order valence-corrected chi connectivity index (χ2v) is 6.12. The van der Waals surface area contributed by atoms with Crippen LogP contribution in [0.3, 0.4) is 0 Å². The first-order valence-corrected chi connectivity index (χ1v) is 6.89. The summed E-state index contributed by atoms with van der Waals surface area (Å²) >= 11 is 0. The Kier molecular flexibility index (Phi) is 4.26. The molecule has 1 fully saturated rings. The van der Waals surface area contributed by atoms with Crippen molar-refractivity contribution in [1.29, 1.82) is 0 Å². The number of carbonyl (C=O) groups is 1. The van der Waals surface area contributed by atoms with Gasteiger partial charge in [0.15, 0.2) is 0 Å². The van der Waals surface area contributed by atoms with Gasteiger partial charge in [0, 0.05) is 12.7 Å². The van der Waals surface area contributed by atoms with Gasteiger partial charge >= 0.3 is 5.97 Å². The van der Waals surface area contributed by atoms with E-state index in [4.69, 9.17) is 4.74 Å². The molecule has 0 radical (unpaired) electrons. The summed E-state index contributed by atoms with van der Waals surface area (Å²) in [5.41, 5.74) is 0.329. The molecule has 4 nitrogen and oxygen atoms in total. The van der Waals surface area contributed by atoms with E-state index in [1.54, 1.807) is 6.20 Å². The van der Waals surface area contributed by atoms with Gasteiger partial charge in [-0.15, -0.1) is 0 Å². The molecule has 0 bridgehead atoms. The topological polar surface area (TPSA) is 42.4 Å². The van der Waals surface area contributed by atoms with E-state index >= 15 is 0 Å². The van der Waals surface area contributed by atoms with Crippen molar-refractivity contribution in [3.05, 3.63) is 23.9 Å². The Balaban J connectivity index is 1.93. The van der Waals surface area contributed by atoms with Crippen molar-refractivity contribution in [2.45, 2.75) is 45.4 Å². The Hall–Kier alpha value is -1.65. The summed E-state index contributed by atoms with van der Waals surface area (Å²) in [6.07, 6.45) is 1.65. The van der Waals surface area contributed by atoms with Crippen LogP contribution in [0.2, 0.25) is 0 Å². The number of halogens is 1. The van der Waals surface area contributed by atoms with Gasteiger partial charge in [-0.2, -0.15) is 0 Å². The Morgan fingerprint density at radius 1 is 1.50 bits per heavy atom. The lowest BCUT2D eigenvalue weighted by Gasteiger charge is -2.19. The monoisotopic (exact) mass is 280 g/mol. The fraction of sp³-hybridized carbons (Fsp3) is 0.600. The average molecular weight is 280 g/mol. The Bertz CT molecular complexity index is 468. The molecule has 0 spiro atoms. The molecule has 1 saturated heterocycles. The van der Waals surface area contributed by atoms with Crippen LogP contribution in [-0.4, -0.2) is 35.8 Å². The van der Waals surface area contributed by atoms with Crippen molar-refractivity contribution in [2.75, 3.05) is 18.0 Å². The largest absolute Gasteiger partial charge is 0.460 e. The van der Waals surface area contributed by atoms with Crippen molar-refractivity contribution in [2.24, 2.45) is 0 Å². The standard InChI is InChI=1S/C15H21FN2O2/c1-15(2,3)20-14(19)8-11-4-5-13(17-9-11)18-7-6-12(16)10-18/h4-5,9,12H,6-8,10H2,1-3H3/t12-/m1/s1. The highest BCUT2D eigenvalue weighted by atomic mass is 19.1. The smallest absolute Gasteiger partial charge is 0.310 e. The van der Waals surface area contributed by atoms with Crippen molar-refractivity contribution >= 4 is 11.8 Å². The third kappa shape index (κ3) is 4.18. The second kappa shape index (κ2) is 5.77. The van der Waals surface area contributed by atoms with Crippen LogP contribution in [0.25, 0.3) is 0 Å². The van der Waals surface area contributed by atoms with Gasteiger partial charge < -0.3 is 9.64 Å². The maximum atomic E-state index is 13.1. The number of nitrogens with zero attached hydrogens (tertiary/aromatic N) is 2. The summed E-state index contributed by atoms with van der Waals surface area (Å²) in [6, 6.07) is 3.68. The predicted molar refractivity (Wildman–Crippen MR) is 75.5 cm³/mol. The Labute approximate surface area is 118 Å². The van der Waals surface area contributed by atoms with Crippen LogP contribution in [0.1, 0.15) is 32.8 Å². The zero-order valence-corrected chi connectivity index (χ0v) is 12.2. The maximum Gasteiger partial charge on any atom is 0.310 e. The first-order valence-electron chi connectivity index (χ1n) is 6.89. The zero-order chi connectivity index (χ0) is 14.8. The predicted octanol–water partition coefficient (Wildman–Crippen LogP) is 2.51. The van der Waals surface area contributed by atoms with Gasteiger partial charge in [0.2, 0.25) is 0 Å². The van der Waals surface area contributed by atoms with Crippen LogP contribution in [0.15, 0.2) is 18.3 Å². The fourth-order valence-electron chi connectivity index (χ4n) is 2.18. The van der Waals surface area contributed by atoms with Crippen molar-refractivity contribution < 1.29 is 13.9 Å². The molecule has 1 aliphatic heterocycles. The molecule has 20 heavy (non-hydrogen) atoms. The van der Waals surface area contributed by atoms with Crippen LogP contribution in [-0.2, 0) is 16.0 Å². The third-order valence-electron chi connectivity index (χ3n) is 3.03. The van der Waals surface area contributed by atoms with E-state index in [1.807, 2.05) is 37.8 Å². The first kappa shape index (κ1) is 14.8. The summed E-state index contributed by atoms with van der Waals surface area (Å²) in [7, 11) is 0. The number of hydrogen-bond acceptors (Lipinski definition) is 4. The molecule has 0 unspecified atom stereocenters. The van der Waals surface area contributed by atoms with E-state index in [0.717, 1.165) is 11.4 Å². The van der Waals surface area contributed by atoms with Crippen molar-refractivity contribution in [3.63, 3.8) is 0 Å². The quantitative estimate of drug-likeness (QED) is 0.798. The number of carbonyl (C=O) groups excluding carboxylic acids is 1. The zero-order valence-electron chi connectivity index (χ0n) is 12.2. The van der Waals surface area contributed by atoms with E-state index in [2.05, 4.69) is 4.98 Å². The summed E-state index contributed by atoms with van der Waals surface area (Å²) < 4.78 is 18.4. The lowest BCUT2D eigenvalue weighted by Crippen LogP contribution is -2.25. The van der Waals surface area contributed by atoms with Crippen LogP contribution in [0, 0.1) is 0 Å². The van der Waals surface area contributed by atoms with Gasteiger partial charge in [-0.1, -0.05) is 6.07 Å². The van der Waals surface area contributed by atoms with E-state index in [-0.39, 0.29) is 12.4 Å². The molecule has 110 valence electrons. The number of ether oxygens (including phenoxy) is 1. The third-order valence-corrected chi connectivity index (χ3v) is 3.03. The van der Waals surface area contributed by atoms with Gasteiger partial charge in [0.25, 0.3) is 0 Å². The SMILES string of the molecule is CC(C)(C)OC(=O)Cc1ccc(N2CC[C@@H](F)C2)nc1. The first-order chi connectivity index (χ1) is 9.33. The summed E-state index contributed by atoms with van der Waals surface area (Å²) in [4.78, 5) is 17.9. The molecule has 1 aromatic rings. The summed E-state index contributed by atoms with van der Waals surface area (Å²) in [5.74, 6) is 0.495. The summed E-state index contributed by atoms with van der Waals surface area (Å²) in [6.45, 7) is 6.62. The molecule has 2 heterocycles. The number of esters is 1. The molecule has 1 aliphatic rings. The van der Waals surface area contributed by atoms with Gasteiger partial charge in [-0.25, -0.2) is 9.37 Å². The Morgan fingerprint density at radius 2 is 2.25 bits per heavy atom. The summed E-state index contributed by atoms with van der Waals surface area (Å²) in [5, 5.41) is 0. The van der Waals surface area contributed by atoms with Crippen molar-refractivity contribution in [3.8, 4) is 0 Å².